The third-order valence-corrected chi connectivity index (χ3v) is 3.76. The molecule has 0 radical (unpaired) electrons. The molecular weight excluding hydrogens is 431 g/mol. The number of carbonyl (C=O) groups is 1. The molecule has 0 unspecified atom stereocenters. The topological polar surface area (TPSA) is 56.0 Å². The van der Waals surface area contributed by atoms with E-state index in [0.717, 1.165) is 19.1 Å². The van der Waals surface area contributed by atoms with Crippen molar-refractivity contribution in [1.82, 2.24) is 4.98 Å². The lowest BCUT2D eigenvalue weighted by molar-refractivity contribution is -0.291. The Labute approximate surface area is 163 Å². The van der Waals surface area contributed by atoms with Crippen LogP contribution in [0.1, 0.15) is 28.4 Å². The summed E-state index contributed by atoms with van der Waals surface area (Å²) in [7, 11) is 0. The third-order valence-electron chi connectivity index (χ3n) is 3.76. The van der Waals surface area contributed by atoms with Crippen LogP contribution in [0.5, 0.6) is 0 Å². The Morgan fingerprint density at radius 3 is 1.93 bits per heavy atom. The summed E-state index contributed by atoms with van der Waals surface area (Å²) in [4.78, 5) is 15.4. The minimum atomic E-state index is -6.58. The summed E-state index contributed by atoms with van der Waals surface area (Å²) < 4.78 is 122. The maximum absolute atomic E-state index is 14.3. The van der Waals surface area contributed by atoms with E-state index >= 15 is 0 Å². The fourth-order valence-corrected chi connectivity index (χ4v) is 2.59. The lowest BCUT2D eigenvalue weighted by atomic mass is 9.89. The molecular formula is C18H11F9N2O. The predicted molar refractivity (Wildman–Crippen MR) is 86.9 cm³/mol. The van der Waals surface area contributed by atoms with E-state index in [0.29, 0.717) is 6.08 Å². The molecule has 0 bridgehead atoms. The Kier molecular flexibility index (Phi) is 5.92. The molecule has 0 aliphatic heterocycles. The van der Waals surface area contributed by atoms with Crippen molar-refractivity contribution >= 4 is 5.78 Å². The Hall–Kier alpha value is -3.05. The molecule has 2 rings (SSSR count). The molecule has 2 aromatic rings. The maximum atomic E-state index is 14.3. The van der Waals surface area contributed by atoms with Crippen LogP contribution >= 0.6 is 0 Å². The lowest BCUT2D eigenvalue weighted by Crippen LogP contribution is -2.38. The summed E-state index contributed by atoms with van der Waals surface area (Å²) in [6.07, 6.45) is -12.3. The zero-order valence-corrected chi connectivity index (χ0v) is 14.8. The lowest BCUT2D eigenvalue weighted by Gasteiger charge is -2.26. The fraction of sp³-hybridized carbons (Fsp3) is 0.222. The highest BCUT2D eigenvalue weighted by Gasteiger charge is 2.63. The van der Waals surface area contributed by atoms with Gasteiger partial charge in [-0.05, 0) is 6.92 Å². The number of hydrogen-bond donors (Lipinski definition) is 1. The minimum Gasteiger partial charge on any atom is -0.402 e. The second-order valence-corrected chi connectivity index (χ2v) is 6.06. The van der Waals surface area contributed by atoms with Crippen molar-refractivity contribution in [2.75, 3.05) is 0 Å². The molecule has 0 amide bonds. The van der Waals surface area contributed by atoms with E-state index in [1.54, 1.807) is 0 Å². The Bertz CT molecular complexity index is 989. The fourth-order valence-electron chi connectivity index (χ4n) is 2.59. The molecule has 1 aromatic carbocycles. The number of pyridine rings is 1. The van der Waals surface area contributed by atoms with Crippen LogP contribution in [0.15, 0.2) is 42.1 Å². The highest BCUT2D eigenvalue weighted by molar-refractivity contribution is 6.10. The van der Waals surface area contributed by atoms with Gasteiger partial charge in [-0.2, -0.15) is 39.5 Å². The summed E-state index contributed by atoms with van der Waals surface area (Å²) in [6.45, 7) is 1.04. The monoisotopic (exact) mass is 442 g/mol. The van der Waals surface area contributed by atoms with Crippen LogP contribution in [0, 0.1) is 5.95 Å². The number of halogens is 9. The van der Waals surface area contributed by atoms with Crippen molar-refractivity contribution in [3.05, 3.63) is 64.7 Å². The molecule has 3 nitrogen and oxygen atoms in total. The highest BCUT2D eigenvalue weighted by Crippen LogP contribution is 2.51. The molecule has 12 heteroatoms. The number of rotatable bonds is 4. The van der Waals surface area contributed by atoms with Gasteiger partial charge in [0, 0.05) is 17.3 Å². The average molecular weight is 442 g/mol. The van der Waals surface area contributed by atoms with Crippen LogP contribution in [0.3, 0.4) is 0 Å². The van der Waals surface area contributed by atoms with Crippen LogP contribution in [0.2, 0.25) is 0 Å². The first-order valence-corrected chi connectivity index (χ1v) is 7.88. The molecule has 0 atom stereocenters. The molecule has 30 heavy (non-hydrogen) atoms. The highest BCUT2D eigenvalue weighted by atomic mass is 19.4. The molecule has 1 heterocycles. The summed E-state index contributed by atoms with van der Waals surface area (Å²) in [5.41, 5.74) is -4.29. The van der Waals surface area contributed by atoms with E-state index in [4.69, 9.17) is 5.73 Å². The van der Waals surface area contributed by atoms with Crippen molar-refractivity contribution in [1.29, 1.82) is 0 Å². The van der Waals surface area contributed by atoms with Gasteiger partial charge in [-0.25, -0.2) is 4.98 Å². The average Bonchev–Trinajstić information content (AvgIpc) is 2.58. The Morgan fingerprint density at radius 2 is 1.50 bits per heavy atom. The van der Waals surface area contributed by atoms with E-state index in [2.05, 4.69) is 4.98 Å². The van der Waals surface area contributed by atoms with Gasteiger partial charge in [-0.15, -0.1) is 0 Å². The Balaban J connectivity index is 3.17. The van der Waals surface area contributed by atoms with Crippen molar-refractivity contribution < 1.29 is 44.3 Å². The third kappa shape index (κ3) is 4.26. The van der Waals surface area contributed by atoms with Gasteiger partial charge < -0.3 is 5.73 Å². The molecule has 0 aliphatic rings. The first kappa shape index (κ1) is 23.2. The summed E-state index contributed by atoms with van der Waals surface area (Å²) >= 11 is 0. The van der Waals surface area contributed by atoms with Crippen LogP contribution in [0.4, 0.5) is 39.5 Å². The molecule has 0 saturated carbocycles. The minimum absolute atomic E-state index is 0.345. The molecule has 0 fully saturated rings. The number of aromatic nitrogens is 1. The summed E-state index contributed by atoms with van der Waals surface area (Å²) in [6, 6.07) is 5.92. The van der Waals surface area contributed by atoms with Crippen LogP contribution < -0.4 is 5.73 Å². The van der Waals surface area contributed by atoms with Crippen molar-refractivity contribution in [2.24, 2.45) is 5.73 Å². The second-order valence-electron chi connectivity index (χ2n) is 6.06. The number of nitrogens with two attached hydrogens (primary N) is 1. The van der Waals surface area contributed by atoms with E-state index in [9.17, 15) is 44.3 Å². The Morgan fingerprint density at radius 1 is 0.967 bits per heavy atom. The van der Waals surface area contributed by atoms with Crippen molar-refractivity contribution in [3.8, 4) is 11.3 Å². The van der Waals surface area contributed by atoms with Gasteiger partial charge in [0.2, 0.25) is 5.95 Å². The van der Waals surface area contributed by atoms with Crippen LogP contribution in [-0.4, -0.2) is 16.9 Å². The van der Waals surface area contributed by atoms with Crippen LogP contribution in [0.25, 0.3) is 11.3 Å². The van der Waals surface area contributed by atoms with E-state index < -0.39 is 58.1 Å². The second kappa shape index (κ2) is 7.65. The number of nitrogens with zero attached hydrogens (tertiary/aromatic N) is 1. The molecule has 0 saturated heterocycles. The number of ketones is 1. The van der Waals surface area contributed by atoms with Gasteiger partial charge in [0.25, 0.3) is 0 Å². The van der Waals surface area contributed by atoms with E-state index in [1.165, 1.54) is 18.2 Å². The number of benzene rings is 1. The van der Waals surface area contributed by atoms with Gasteiger partial charge in [-0.3, -0.25) is 4.79 Å². The SMILES string of the molecule is C/C(N)=C/C(=O)c1c(-c2ccccc2)nc(F)c(C(F)(F)F)c1C(F)(F)C(F)(F)F. The summed E-state index contributed by atoms with van der Waals surface area (Å²) in [5, 5.41) is 0. The maximum Gasteiger partial charge on any atom is 0.458 e. The van der Waals surface area contributed by atoms with Crippen LogP contribution in [-0.2, 0) is 12.1 Å². The van der Waals surface area contributed by atoms with Crippen molar-refractivity contribution in [2.45, 2.75) is 25.2 Å². The molecule has 0 aliphatic carbocycles. The van der Waals surface area contributed by atoms with Crippen molar-refractivity contribution in [3.63, 3.8) is 0 Å². The number of hydrogen-bond acceptors (Lipinski definition) is 3. The number of allylic oxidation sites excluding steroid dienone is 2. The molecule has 0 spiro atoms. The standard InChI is InChI=1S/C18H11F9N2O/c1-8(28)7-10(30)11-12(16(20,21)18(25,26)27)13(17(22,23)24)15(19)29-14(11)9-5-3-2-4-6-9/h2-7H,28H2,1H3/b8-7-. The first-order valence-electron chi connectivity index (χ1n) is 7.88. The number of alkyl halides is 8. The smallest absolute Gasteiger partial charge is 0.402 e. The largest absolute Gasteiger partial charge is 0.458 e. The predicted octanol–water partition coefficient (Wildman–Crippen LogP) is 5.61. The number of carbonyl (C=O) groups excluding carboxylic acids is 1. The van der Waals surface area contributed by atoms with E-state index in [-0.39, 0.29) is 5.56 Å². The van der Waals surface area contributed by atoms with Gasteiger partial charge in [0.05, 0.1) is 16.8 Å². The van der Waals surface area contributed by atoms with Gasteiger partial charge in [0.1, 0.15) is 5.56 Å². The first-order chi connectivity index (χ1) is 13.6. The molecule has 1 aromatic heterocycles. The van der Waals surface area contributed by atoms with Gasteiger partial charge in [-0.1, -0.05) is 30.3 Å². The van der Waals surface area contributed by atoms with E-state index in [1.807, 2.05) is 0 Å². The summed E-state index contributed by atoms with van der Waals surface area (Å²) in [5.74, 6) is -10.6. The van der Waals surface area contributed by atoms with Gasteiger partial charge in [0.15, 0.2) is 5.78 Å². The normalized spacial score (nSPS) is 13.5. The molecule has 2 N–H and O–H groups in total. The quantitative estimate of drug-likeness (QED) is 0.290. The zero-order valence-electron chi connectivity index (χ0n) is 14.8. The van der Waals surface area contributed by atoms with Gasteiger partial charge >= 0.3 is 18.3 Å². The zero-order chi connectivity index (χ0) is 23.1. The molecule has 162 valence electrons.